The molecule has 0 amide bonds. The van der Waals surface area contributed by atoms with E-state index in [0.717, 1.165) is 42.3 Å². The summed E-state index contributed by atoms with van der Waals surface area (Å²) in [5, 5.41) is 3.20. The van der Waals surface area contributed by atoms with Crippen LogP contribution >= 0.6 is 0 Å². The third-order valence-corrected chi connectivity index (χ3v) is 6.61. The molecule has 0 unspecified atom stereocenters. The van der Waals surface area contributed by atoms with Crippen LogP contribution in [-0.4, -0.2) is 44.7 Å². The summed E-state index contributed by atoms with van der Waals surface area (Å²) < 4.78 is 33.3. The van der Waals surface area contributed by atoms with E-state index in [1.807, 2.05) is 32.0 Å². The van der Waals surface area contributed by atoms with Crippen molar-refractivity contribution in [2.75, 3.05) is 41.2 Å². The van der Waals surface area contributed by atoms with Crippen LogP contribution < -0.4 is 14.9 Å². The van der Waals surface area contributed by atoms with Crippen LogP contribution in [0.3, 0.4) is 0 Å². The Labute approximate surface area is 188 Å². The Balaban J connectivity index is 1.45. The minimum atomic E-state index is -3.64. The predicted octanol–water partition coefficient (Wildman–Crippen LogP) is 3.73. The standard InChI is InChI=1S/C23H27N5O3S/c1-3-18-4-10-21(11-5-18)32(29,30)27-20-8-6-19(7-9-20)25-23-24-17(2)16-22(26-23)28-12-14-31-15-13-28/h4-11,16,27H,3,12-15H2,1-2H3,(H,24,25,26). The third kappa shape index (κ3) is 5.35. The first kappa shape index (κ1) is 22.0. The van der Waals surface area contributed by atoms with Crippen molar-refractivity contribution in [3.63, 3.8) is 0 Å². The lowest BCUT2D eigenvalue weighted by atomic mass is 10.2. The van der Waals surface area contributed by atoms with Gasteiger partial charge in [0, 0.05) is 36.2 Å². The Morgan fingerprint density at radius 3 is 2.28 bits per heavy atom. The van der Waals surface area contributed by atoms with Crippen LogP contribution in [0.25, 0.3) is 0 Å². The number of benzene rings is 2. The van der Waals surface area contributed by atoms with Gasteiger partial charge in [0.15, 0.2) is 0 Å². The van der Waals surface area contributed by atoms with E-state index in [2.05, 4.69) is 24.9 Å². The topological polar surface area (TPSA) is 96.5 Å². The summed E-state index contributed by atoms with van der Waals surface area (Å²) in [6.07, 6.45) is 0.862. The molecule has 1 aromatic heterocycles. The number of rotatable bonds is 7. The fourth-order valence-corrected chi connectivity index (χ4v) is 4.49. The summed E-state index contributed by atoms with van der Waals surface area (Å²) in [5.74, 6) is 1.36. The van der Waals surface area contributed by atoms with Gasteiger partial charge >= 0.3 is 0 Å². The molecular weight excluding hydrogens is 426 g/mol. The average molecular weight is 454 g/mol. The molecule has 2 heterocycles. The zero-order chi connectivity index (χ0) is 22.6. The van der Waals surface area contributed by atoms with E-state index in [9.17, 15) is 8.42 Å². The molecule has 3 aromatic rings. The Kier molecular flexibility index (Phi) is 6.57. The number of sulfonamides is 1. The maximum absolute atomic E-state index is 12.6. The molecule has 1 aliphatic rings. The molecule has 0 radical (unpaired) electrons. The lowest BCUT2D eigenvalue weighted by molar-refractivity contribution is 0.122. The summed E-state index contributed by atoms with van der Waals surface area (Å²) in [7, 11) is -3.64. The summed E-state index contributed by atoms with van der Waals surface area (Å²) in [5.41, 5.74) is 3.20. The van der Waals surface area contributed by atoms with E-state index < -0.39 is 10.0 Å². The molecule has 0 atom stereocenters. The predicted molar refractivity (Wildman–Crippen MR) is 126 cm³/mol. The minimum absolute atomic E-state index is 0.237. The molecule has 8 nitrogen and oxygen atoms in total. The van der Waals surface area contributed by atoms with Gasteiger partial charge in [0.25, 0.3) is 10.0 Å². The number of nitrogens with zero attached hydrogens (tertiary/aromatic N) is 3. The van der Waals surface area contributed by atoms with Gasteiger partial charge in [-0.15, -0.1) is 0 Å². The summed E-state index contributed by atoms with van der Waals surface area (Å²) in [6, 6.07) is 15.9. The number of hydrogen-bond acceptors (Lipinski definition) is 7. The third-order valence-electron chi connectivity index (χ3n) is 5.21. The monoisotopic (exact) mass is 453 g/mol. The average Bonchev–Trinajstić information content (AvgIpc) is 2.80. The lowest BCUT2D eigenvalue weighted by Gasteiger charge is -2.28. The number of anilines is 4. The van der Waals surface area contributed by atoms with Crippen molar-refractivity contribution in [3.05, 3.63) is 65.9 Å². The van der Waals surface area contributed by atoms with Gasteiger partial charge in [-0.2, -0.15) is 4.98 Å². The zero-order valence-corrected chi connectivity index (χ0v) is 19.0. The lowest BCUT2D eigenvalue weighted by Crippen LogP contribution is -2.36. The second-order valence-corrected chi connectivity index (χ2v) is 9.28. The molecule has 1 saturated heterocycles. The fraction of sp³-hybridized carbons (Fsp3) is 0.304. The molecule has 1 fully saturated rings. The highest BCUT2D eigenvalue weighted by Gasteiger charge is 2.15. The molecule has 2 N–H and O–H groups in total. The number of aryl methyl sites for hydroxylation is 2. The number of hydrogen-bond donors (Lipinski definition) is 2. The normalized spacial score (nSPS) is 14.2. The Morgan fingerprint density at radius 2 is 1.62 bits per heavy atom. The molecule has 0 saturated carbocycles. The van der Waals surface area contributed by atoms with Crippen molar-refractivity contribution >= 4 is 33.2 Å². The minimum Gasteiger partial charge on any atom is -0.378 e. The van der Waals surface area contributed by atoms with Gasteiger partial charge in [-0.3, -0.25) is 4.72 Å². The largest absolute Gasteiger partial charge is 0.378 e. The van der Waals surface area contributed by atoms with Crippen LogP contribution in [0.1, 0.15) is 18.2 Å². The SMILES string of the molecule is CCc1ccc(S(=O)(=O)Nc2ccc(Nc3nc(C)cc(N4CCOCC4)n3)cc2)cc1. The van der Waals surface area contributed by atoms with Gasteiger partial charge < -0.3 is 15.0 Å². The van der Waals surface area contributed by atoms with Crippen LogP contribution in [0, 0.1) is 6.92 Å². The van der Waals surface area contributed by atoms with Crippen molar-refractivity contribution in [3.8, 4) is 0 Å². The van der Waals surface area contributed by atoms with E-state index in [0.29, 0.717) is 24.8 Å². The van der Waals surface area contributed by atoms with Crippen molar-refractivity contribution in [2.24, 2.45) is 0 Å². The van der Waals surface area contributed by atoms with Gasteiger partial charge in [0.2, 0.25) is 5.95 Å². The Hall–Kier alpha value is -3.17. The van der Waals surface area contributed by atoms with E-state index in [-0.39, 0.29) is 4.90 Å². The van der Waals surface area contributed by atoms with Crippen molar-refractivity contribution in [1.82, 2.24) is 9.97 Å². The van der Waals surface area contributed by atoms with Crippen molar-refractivity contribution < 1.29 is 13.2 Å². The van der Waals surface area contributed by atoms with Crippen LogP contribution in [0.15, 0.2) is 59.5 Å². The first-order valence-electron chi connectivity index (χ1n) is 10.6. The van der Waals surface area contributed by atoms with Gasteiger partial charge in [-0.1, -0.05) is 19.1 Å². The van der Waals surface area contributed by atoms with E-state index in [4.69, 9.17) is 4.74 Å². The molecule has 32 heavy (non-hydrogen) atoms. The molecule has 168 valence electrons. The van der Waals surface area contributed by atoms with Crippen LogP contribution in [0.5, 0.6) is 0 Å². The molecular formula is C23H27N5O3S. The molecule has 2 aromatic carbocycles. The van der Waals surface area contributed by atoms with Crippen LogP contribution in [0.4, 0.5) is 23.1 Å². The van der Waals surface area contributed by atoms with Crippen molar-refractivity contribution in [2.45, 2.75) is 25.2 Å². The van der Waals surface area contributed by atoms with Gasteiger partial charge in [0.1, 0.15) is 5.82 Å². The smallest absolute Gasteiger partial charge is 0.261 e. The highest BCUT2D eigenvalue weighted by Crippen LogP contribution is 2.22. The van der Waals surface area contributed by atoms with Crippen LogP contribution in [0.2, 0.25) is 0 Å². The number of nitrogens with one attached hydrogen (secondary N) is 2. The molecule has 0 aliphatic carbocycles. The number of morpholine rings is 1. The quantitative estimate of drug-likeness (QED) is 0.563. The zero-order valence-electron chi connectivity index (χ0n) is 18.2. The molecule has 0 bridgehead atoms. The maximum atomic E-state index is 12.6. The molecule has 1 aliphatic heterocycles. The first-order valence-corrected chi connectivity index (χ1v) is 12.1. The van der Waals surface area contributed by atoms with E-state index >= 15 is 0 Å². The van der Waals surface area contributed by atoms with E-state index in [1.54, 1.807) is 36.4 Å². The van der Waals surface area contributed by atoms with Gasteiger partial charge in [-0.25, -0.2) is 13.4 Å². The second-order valence-electron chi connectivity index (χ2n) is 7.60. The molecule has 4 rings (SSSR count). The van der Waals surface area contributed by atoms with E-state index in [1.165, 1.54) is 0 Å². The van der Waals surface area contributed by atoms with Crippen molar-refractivity contribution in [1.29, 1.82) is 0 Å². The van der Waals surface area contributed by atoms with Gasteiger partial charge in [-0.05, 0) is 55.3 Å². The number of ether oxygens (including phenoxy) is 1. The second kappa shape index (κ2) is 9.54. The molecule has 9 heteroatoms. The molecule has 0 spiro atoms. The Bertz CT molecular complexity index is 1160. The summed E-state index contributed by atoms with van der Waals surface area (Å²) in [4.78, 5) is 11.5. The number of aromatic nitrogens is 2. The van der Waals surface area contributed by atoms with Gasteiger partial charge in [0.05, 0.1) is 18.1 Å². The fourth-order valence-electron chi connectivity index (χ4n) is 3.43. The summed E-state index contributed by atoms with van der Waals surface area (Å²) in [6.45, 7) is 6.93. The highest BCUT2D eigenvalue weighted by molar-refractivity contribution is 7.92. The van der Waals surface area contributed by atoms with Crippen LogP contribution in [-0.2, 0) is 21.2 Å². The highest BCUT2D eigenvalue weighted by atomic mass is 32.2. The summed E-state index contributed by atoms with van der Waals surface area (Å²) >= 11 is 0. The first-order chi connectivity index (χ1) is 15.4. The Morgan fingerprint density at radius 1 is 0.969 bits per heavy atom. The maximum Gasteiger partial charge on any atom is 0.261 e.